The normalized spacial score (nSPS) is 10.6. The molecule has 6 heteroatoms. The van der Waals surface area contributed by atoms with Gasteiger partial charge in [0.1, 0.15) is 35.1 Å². The largest absolute Gasteiger partial charge is 0.497 e. The van der Waals surface area contributed by atoms with E-state index in [0.29, 0.717) is 28.5 Å². The molecule has 0 N–H and O–H groups in total. The molecule has 3 aromatic rings. The number of carbonyl (C=O) groups is 1. The molecule has 2 heterocycles. The Bertz CT molecular complexity index is 862. The highest BCUT2D eigenvalue weighted by Crippen LogP contribution is 2.25. The van der Waals surface area contributed by atoms with E-state index >= 15 is 0 Å². The Hall–Kier alpha value is -3.02. The number of hydrogen-bond donors (Lipinski definition) is 0. The number of benzene rings is 1. The second-order valence-corrected chi connectivity index (χ2v) is 5.32. The van der Waals surface area contributed by atoms with Crippen molar-refractivity contribution in [3.63, 3.8) is 0 Å². The lowest BCUT2D eigenvalue weighted by atomic mass is 10.1. The van der Waals surface area contributed by atoms with Crippen molar-refractivity contribution in [3.05, 3.63) is 59.2 Å². The van der Waals surface area contributed by atoms with Crippen molar-refractivity contribution < 1.29 is 23.2 Å². The maximum atomic E-state index is 12.1. The molecule has 3 rings (SSSR count). The van der Waals surface area contributed by atoms with Crippen molar-refractivity contribution in [2.75, 3.05) is 7.11 Å². The van der Waals surface area contributed by atoms with Crippen LogP contribution in [0.2, 0.25) is 0 Å². The molecule has 0 aliphatic rings. The molecule has 0 atom stereocenters. The molecule has 0 bridgehead atoms. The molecular weight excluding hydrogens is 310 g/mol. The lowest BCUT2D eigenvalue weighted by Gasteiger charge is -2.01. The average Bonchev–Trinajstić information content (AvgIpc) is 3.19. The summed E-state index contributed by atoms with van der Waals surface area (Å²) in [5.41, 5.74) is 1.78. The zero-order valence-electron chi connectivity index (χ0n) is 13.7. The number of aryl methyl sites for hydroxylation is 2. The molecule has 6 nitrogen and oxygen atoms in total. The number of aromatic nitrogens is 1. The highest BCUT2D eigenvalue weighted by Gasteiger charge is 2.16. The fraction of sp³-hybridized carbons (Fsp3) is 0.222. The number of hydrogen-bond acceptors (Lipinski definition) is 6. The van der Waals surface area contributed by atoms with E-state index < -0.39 is 5.97 Å². The van der Waals surface area contributed by atoms with Gasteiger partial charge in [0.05, 0.1) is 7.11 Å². The van der Waals surface area contributed by atoms with Crippen LogP contribution in [0, 0.1) is 13.8 Å². The zero-order valence-corrected chi connectivity index (χ0v) is 13.7. The molecular formula is C18H17NO5. The lowest BCUT2D eigenvalue weighted by Crippen LogP contribution is -2.05. The molecule has 0 radical (unpaired) electrons. The third-order valence-electron chi connectivity index (χ3n) is 3.53. The van der Waals surface area contributed by atoms with Crippen molar-refractivity contribution >= 4 is 5.97 Å². The molecule has 0 spiro atoms. The van der Waals surface area contributed by atoms with E-state index in [9.17, 15) is 4.79 Å². The van der Waals surface area contributed by atoms with Crippen LogP contribution < -0.4 is 4.74 Å². The average molecular weight is 327 g/mol. The molecule has 124 valence electrons. The van der Waals surface area contributed by atoms with E-state index in [1.807, 2.05) is 24.3 Å². The summed E-state index contributed by atoms with van der Waals surface area (Å²) < 4.78 is 21.1. The molecule has 0 aliphatic heterocycles. The van der Waals surface area contributed by atoms with Gasteiger partial charge >= 0.3 is 5.97 Å². The third kappa shape index (κ3) is 3.32. The van der Waals surface area contributed by atoms with Crippen molar-refractivity contribution in [3.8, 4) is 17.1 Å². The fourth-order valence-electron chi connectivity index (χ4n) is 2.34. The second kappa shape index (κ2) is 6.62. The standard InChI is InChI=1S/C18H17NO5/c1-11-7-16(12(2)23-11)18(20)22-10-14-9-17(24-19-14)13-5-4-6-15(8-13)21-3/h4-9H,10H2,1-3H3. The Morgan fingerprint density at radius 2 is 2.04 bits per heavy atom. The van der Waals surface area contributed by atoms with Crippen LogP contribution in [0.1, 0.15) is 27.6 Å². The summed E-state index contributed by atoms with van der Waals surface area (Å²) in [7, 11) is 1.60. The molecule has 0 saturated carbocycles. The second-order valence-electron chi connectivity index (χ2n) is 5.32. The van der Waals surface area contributed by atoms with Gasteiger partial charge in [-0.05, 0) is 32.0 Å². The van der Waals surface area contributed by atoms with Gasteiger partial charge in [0, 0.05) is 11.6 Å². The van der Waals surface area contributed by atoms with Gasteiger partial charge in [-0.25, -0.2) is 4.79 Å². The van der Waals surface area contributed by atoms with E-state index in [-0.39, 0.29) is 6.61 Å². The Labute approximate surface area is 139 Å². The summed E-state index contributed by atoms with van der Waals surface area (Å²) >= 11 is 0. The summed E-state index contributed by atoms with van der Waals surface area (Å²) in [6.45, 7) is 3.53. The van der Waals surface area contributed by atoms with Crippen LogP contribution in [0.25, 0.3) is 11.3 Å². The summed E-state index contributed by atoms with van der Waals surface area (Å²) in [4.78, 5) is 12.1. The molecule has 0 amide bonds. The van der Waals surface area contributed by atoms with E-state index in [1.165, 1.54) is 0 Å². The van der Waals surface area contributed by atoms with Crippen LogP contribution in [-0.4, -0.2) is 18.2 Å². The maximum absolute atomic E-state index is 12.1. The minimum absolute atomic E-state index is 0.0238. The minimum atomic E-state index is -0.449. The molecule has 0 unspecified atom stereocenters. The smallest absolute Gasteiger partial charge is 0.342 e. The number of esters is 1. The highest BCUT2D eigenvalue weighted by atomic mass is 16.5. The highest BCUT2D eigenvalue weighted by molar-refractivity contribution is 5.90. The number of ether oxygens (including phenoxy) is 2. The van der Waals surface area contributed by atoms with E-state index in [4.69, 9.17) is 18.4 Å². The SMILES string of the molecule is COc1cccc(-c2cc(COC(=O)c3cc(C)oc3C)no2)c1. The van der Waals surface area contributed by atoms with Gasteiger partial charge in [-0.1, -0.05) is 17.3 Å². The monoisotopic (exact) mass is 327 g/mol. The molecule has 2 aromatic heterocycles. The number of methoxy groups -OCH3 is 1. The van der Waals surface area contributed by atoms with Gasteiger partial charge < -0.3 is 18.4 Å². The summed E-state index contributed by atoms with van der Waals surface area (Å²) in [5, 5.41) is 3.92. The van der Waals surface area contributed by atoms with E-state index in [2.05, 4.69) is 5.16 Å². The van der Waals surface area contributed by atoms with Crippen LogP contribution in [0.4, 0.5) is 0 Å². The van der Waals surface area contributed by atoms with Crippen molar-refractivity contribution in [2.45, 2.75) is 20.5 Å². The van der Waals surface area contributed by atoms with Crippen molar-refractivity contribution in [1.29, 1.82) is 0 Å². The zero-order chi connectivity index (χ0) is 17.1. The number of rotatable bonds is 5. The number of carbonyl (C=O) groups excluding carboxylic acids is 1. The molecule has 0 fully saturated rings. The Morgan fingerprint density at radius 1 is 1.21 bits per heavy atom. The first kappa shape index (κ1) is 15.9. The van der Waals surface area contributed by atoms with Crippen LogP contribution >= 0.6 is 0 Å². The van der Waals surface area contributed by atoms with Gasteiger partial charge in [-0.15, -0.1) is 0 Å². The topological polar surface area (TPSA) is 74.7 Å². The number of furan rings is 1. The van der Waals surface area contributed by atoms with Gasteiger partial charge in [-0.3, -0.25) is 0 Å². The molecule has 1 aromatic carbocycles. The van der Waals surface area contributed by atoms with Crippen LogP contribution in [-0.2, 0) is 11.3 Å². The minimum Gasteiger partial charge on any atom is -0.497 e. The third-order valence-corrected chi connectivity index (χ3v) is 3.53. The Kier molecular flexibility index (Phi) is 4.37. The van der Waals surface area contributed by atoms with E-state index in [0.717, 1.165) is 11.3 Å². The quantitative estimate of drug-likeness (QED) is 0.661. The van der Waals surface area contributed by atoms with Crippen LogP contribution in [0.15, 0.2) is 45.3 Å². The first-order chi connectivity index (χ1) is 11.6. The van der Waals surface area contributed by atoms with Gasteiger partial charge in [0.15, 0.2) is 5.76 Å². The van der Waals surface area contributed by atoms with Crippen LogP contribution in [0.5, 0.6) is 5.75 Å². The molecule has 0 aliphatic carbocycles. The Morgan fingerprint density at radius 3 is 2.75 bits per heavy atom. The van der Waals surface area contributed by atoms with E-state index in [1.54, 1.807) is 33.1 Å². The fourth-order valence-corrected chi connectivity index (χ4v) is 2.34. The summed E-state index contributed by atoms with van der Waals surface area (Å²) in [6, 6.07) is 10.8. The van der Waals surface area contributed by atoms with Gasteiger partial charge in [0.25, 0.3) is 0 Å². The summed E-state index contributed by atoms with van der Waals surface area (Å²) in [5.74, 6) is 2.06. The first-order valence-electron chi connectivity index (χ1n) is 7.41. The van der Waals surface area contributed by atoms with Crippen LogP contribution in [0.3, 0.4) is 0 Å². The predicted molar refractivity (Wildman–Crippen MR) is 85.8 cm³/mol. The summed E-state index contributed by atoms with van der Waals surface area (Å²) in [6.07, 6.45) is 0. The molecule has 0 saturated heterocycles. The van der Waals surface area contributed by atoms with Crippen molar-refractivity contribution in [1.82, 2.24) is 5.16 Å². The number of nitrogens with zero attached hydrogens (tertiary/aromatic N) is 1. The predicted octanol–water partition coefficient (Wildman–Crippen LogP) is 3.92. The molecule has 24 heavy (non-hydrogen) atoms. The maximum Gasteiger partial charge on any atom is 0.342 e. The first-order valence-corrected chi connectivity index (χ1v) is 7.41. The van der Waals surface area contributed by atoms with Gasteiger partial charge in [-0.2, -0.15) is 0 Å². The Balaban J connectivity index is 1.68. The van der Waals surface area contributed by atoms with Crippen molar-refractivity contribution in [2.24, 2.45) is 0 Å². The lowest BCUT2D eigenvalue weighted by molar-refractivity contribution is 0.0462. The van der Waals surface area contributed by atoms with Gasteiger partial charge in [0.2, 0.25) is 0 Å².